The number of hydrogen-bond acceptors (Lipinski definition) is 5. The van der Waals surface area contributed by atoms with Crippen LogP contribution in [0.25, 0.3) is 0 Å². The Morgan fingerprint density at radius 2 is 1.88 bits per heavy atom. The molecule has 3 heterocycles. The number of amides is 2. The van der Waals surface area contributed by atoms with E-state index in [4.69, 9.17) is 16.6 Å². The molecule has 2 aliphatic rings. The van der Waals surface area contributed by atoms with Crippen molar-refractivity contribution in [3.05, 3.63) is 81.3 Å². The molecule has 2 aromatic carbocycles. The van der Waals surface area contributed by atoms with Crippen LogP contribution in [0.1, 0.15) is 39.3 Å². The van der Waals surface area contributed by atoms with Gasteiger partial charge in [0.05, 0.1) is 11.6 Å². The van der Waals surface area contributed by atoms with Crippen LogP contribution in [0.15, 0.2) is 54.6 Å². The van der Waals surface area contributed by atoms with E-state index in [-0.39, 0.29) is 17.7 Å². The van der Waals surface area contributed by atoms with Crippen LogP contribution in [0.5, 0.6) is 0 Å². The molecule has 0 unspecified atom stereocenters. The van der Waals surface area contributed by atoms with Crippen molar-refractivity contribution < 1.29 is 9.59 Å². The summed E-state index contributed by atoms with van der Waals surface area (Å²) in [7, 11) is 0. The van der Waals surface area contributed by atoms with E-state index in [0.717, 1.165) is 44.6 Å². The monoisotopic (exact) mass is 494 g/mol. The van der Waals surface area contributed by atoms with Gasteiger partial charge in [0.25, 0.3) is 5.91 Å². The highest BCUT2D eigenvalue weighted by Gasteiger charge is 2.30. The zero-order valence-electron chi connectivity index (χ0n) is 18.9. The van der Waals surface area contributed by atoms with Gasteiger partial charge in [-0.25, -0.2) is 4.98 Å². The topological polar surface area (TPSA) is 65.5 Å². The first-order chi connectivity index (χ1) is 16.5. The van der Waals surface area contributed by atoms with E-state index >= 15 is 0 Å². The van der Waals surface area contributed by atoms with Gasteiger partial charge in [-0.2, -0.15) is 0 Å². The molecule has 1 saturated heterocycles. The van der Waals surface area contributed by atoms with Crippen LogP contribution in [0.4, 0.5) is 5.13 Å². The van der Waals surface area contributed by atoms with Crippen LogP contribution in [0.2, 0.25) is 5.02 Å². The molecule has 5 rings (SSSR count). The first-order valence-corrected chi connectivity index (χ1v) is 12.8. The van der Waals surface area contributed by atoms with Crippen molar-refractivity contribution in [1.29, 1.82) is 0 Å². The molecule has 2 aliphatic heterocycles. The number of carbonyl (C=O) groups excluding carboxylic acids is 2. The highest BCUT2D eigenvalue weighted by molar-refractivity contribution is 7.15. The highest BCUT2D eigenvalue weighted by atomic mass is 35.5. The van der Waals surface area contributed by atoms with Gasteiger partial charge >= 0.3 is 0 Å². The third-order valence-electron chi connectivity index (χ3n) is 6.46. The summed E-state index contributed by atoms with van der Waals surface area (Å²) in [6, 6.07) is 17.4. The Bertz CT molecular complexity index is 1170. The second-order valence-electron chi connectivity index (χ2n) is 8.92. The smallest absolute Gasteiger partial charge is 0.253 e. The fraction of sp³-hybridized carbons (Fsp3) is 0.346. The summed E-state index contributed by atoms with van der Waals surface area (Å²) in [5.41, 5.74) is 2.99. The predicted octanol–water partition coefficient (Wildman–Crippen LogP) is 4.85. The minimum Gasteiger partial charge on any atom is -0.338 e. The Labute approximate surface area is 208 Å². The molecule has 0 saturated carbocycles. The molecule has 1 atom stereocenters. The molecule has 1 aromatic heterocycles. The largest absolute Gasteiger partial charge is 0.338 e. The maximum atomic E-state index is 13.0. The molecule has 0 radical (unpaired) electrons. The Morgan fingerprint density at radius 3 is 2.68 bits per heavy atom. The van der Waals surface area contributed by atoms with E-state index in [2.05, 4.69) is 34.5 Å². The molecule has 176 valence electrons. The van der Waals surface area contributed by atoms with Crippen LogP contribution in [0, 0.1) is 5.92 Å². The number of hydrogen-bond donors (Lipinski definition) is 1. The van der Waals surface area contributed by atoms with E-state index in [1.54, 1.807) is 40.5 Å². The Balaban J connectivity index is 1.19. The van der Waals surface area contributed by atoms with E-state index in [0.29, 0.717) is 28.8 Å². The number of nitrogens with one attached hydrogen (secondary N) is 1. The number of piperidine rings is 1. The van der Waals surface area contributed by atoms with Crippen molar-refractivity contribution in [3.8, 4) is 0 Å². The Kier molecular flexibility index (Phi) is 6.94. The van der Waals surface area contributed by atoms with E-state index in [1.807, 2.05) is 6.07 Å². The minimum atomic E-state index is -0.236. The van der Waals surface area contributed by atoms with Gasteiger partial charge in [0, 0.05) is 54.6 Å². The average Bonchev–Trinajstić information content (AvgIpc) is 3.26. The van der Waals surface area contributed by atoms with Gasteiger partial charge in [-0.3, -0.25) is 14.5 Å². The SMILES string of the molecule is O=C(Nc1nc2c(s1)CN(Cc1ccccc1)CC2)[C@@H]1CCCN(C(=O)c2ccc(Cl)cc2)C1. The standard InChI is InChI=1S/C26H27ClN4O2S/c27-21-10-8-19(9-11-21)25(33)31-13-4-7-20(16-31)24(32)29-26-28-22-12-14-30(17-23(22)34-26)15-18-5-2-1-3-6-18/h1-3,5-6,8-11,20H,4,7,12-17H2,(H,28,29,32)/t20-/m1/s1. The summed E-state index contributed by atoms with van der Waals surface area (Å²) in [6.45, 7) is 3.81. The molecule has 2 amide bonds. The van der Waals surface area contributed by atoms with Crippen molar-refractivity contribution in [2.24, 2.45) is 5.92 Å². The van der Waals surface area contributed by atoms with Crippen molar-refractivity contribution in [2.75, 3.05) is 25.0 Å². The average molecular weight is 495 g/mol. The Hall–Kier alpha value is -2.74. The zero-order valence-corrected chi connectivity index (χ0v) is 20.4. The van der Waals surface area contributed by atoms with Crippen LogP contribution < -0.4 is 5.32 Å². The van der Waals surface area contributed by atoms with Crippen LogP contribution in [-0.2, 0) is 24.3 Å². The number of halogens is 1. The summed E-state index contributed by atoms with van der Waals surface area (Å²) in [4.78, 5) is 36.0. The molecular weight excluding hydrogens is 468 g/mol. The minimum absolute atomic E-state index is 0.0548. The number of benzene rings is 2. The summed E-state index contributed by atoms with van der Waals surface area (Å²) in [5, 5.41) is 4.30. The normalized spacial score (nSPS) is 18.4. The molecule has 0 aliphatic carbocycles. The first kappa shape index (κ1) is 23.0. The highest BCUT2D eigenvalue weighted by Crippen LogP contribution is 2.30. The summed E-state index contributed by atoms with van der Waals surface area (Å²) < 4.78 is 0. The van der Waals surface area contributed by atoms with Gasteiger partial charge in [0.2, 0.25) is 5.91 Å². The molecule has 1 fully saturated rings. The number of anilines is 1. The van der Waals surface area contributed by atoms with Gasteiger partial charge in [-0.15, -0.1) is 11.3 Å². The molecule has 0 spiro atoms. The molecule has 0 bridgehead atoms. The number of carbonyl (C=O) groups is 2. The quantitative estimate of drug-likeness (QED) is 0.551. The molecular formula is C26H27ClN4O2S. The maximum absolute atomic E-state index is 13.0. The number of fused-ring (bicyclic) bond motifs is 1. The lowest BCUT2D eigenvalue weighted by Gasteiger charge is -2.32. The van der Waals surface area contributed by atoms with Crippen LogP contribution in [-0.4, -0.2) is 46.2 Å². The van der Waals surface area contributed by atoms with E-state index < -0.39 is 0 Å². The predicted molar refractivity (Wildman–Crippen MR) is 135 cm³/mol. The van der Waals surface area contributed by atoms with E-state index in [9.17, 15) is 9.59 Å². The third-order valence-corrected chi connectivity index (χ3v) is 7.71. The lowest BCUT2D eigenvalue weighted by Crippen LogP contribution is -2.43. The Morgan fingerprint density at radius 1 is 1.09 bits per heavy atom. The zero-order chi connectivity index (χ0) is 23.5. The fourth-order valence-corrected chi connectivity index (χ4v) is 5.82. The molecule has 6 nitrogen and oxygen atoms in total. The first-order valence-electron chi connectivity index (χ1n) is 11.7. The summed E-state index contributed by atoms with van der Waals surface area (Å²) in [6.07, 6.45) is 2.47. The molecule has 8 heteroatoms. The van der Waals surface area contributed by atoms with Crippen molar-refractivity contribution >= 4 is 39.9 Å². The van der Waals surface area contributed by atoms with Gasteiger partial charge in [-0.1, -0.05) is 41.9 Å². The summed E-state index contributed by atoms with van der Waals surface area (Å²) >= 11 is 7.51. The number of thiazole rings is 1. The van der Waals surface area contributed by atoms with Crippen molar-refractivity contribution in [2.45, 2.75) is 32.4 Å². The fourth-order valence-electron chi connectivity index (χ4n) is 4.64. The van der Waals surface area contributed by atoms with Gasteiger partial charge in [-0.05, 0) is 42.7 Å². The summed E-state index contributed by atoms with van der Waals surface area (Å²) in [5.74, 6) is -0.348. The number of rotatable bonds is 5. The molecule has 3 aromatic rings. The number of nitrogens with zero attached hydrogens (tertiary/aromatic N) is 3. The van der Waals surface area contributed by atoms with Crippen molar-refractivity contribution in [3.63, 3.8) is 0 Å². The van der Waals surface area contributed by atoms with Gasteiger partial charge < -0.3 is 10.2 Å². The molecule has 34 heavy (non-hydrogen) atoms. The van der Waals surface area contributed by atoms with Gasteiger partial charge in [0.1, 0.15) is 0 Å². The number of likely N-dealkylation sites (tertiary alicyclic amines) is 1. The second kappa shape index (κ2) is 10.3. The molecule has 1 N–H and O–H groups in total. The lowest BCUT2D eigenvalue weighted by atomic mass is 9.96. The van der Waals surface area contributed by atoms with Gasteiger partial charge in [0.15, 0.2) is 5.13 Å². The van der Waals surface area contributed by atoms with Crippen molar-refractivity contribution in [1.82, 2.24) is 14.8 Å². The third kappa shape index (κ3) is 5.32. The number of aromatic nitrogens is 1. The second-order valence-corrected chi connectivity index (χ2v) is 10.4. The lowest BCUT2D eigenvalue weighted by molar-refractivity contribution is -0.121. The maximum Gasteiger partial charge on any atom is 0.253 e. The van der Waals surface area contributed by atoms with Crippen LogP contribution >= 0.6 is 22.9 Å². The van der Waals surface area contributed by atoms with Crippen LogP contribution in [0.3, 0.4) is 0 Å². The van der Waals surface area contributed by atoms with E-state index in [1.165, 1.54) is 10.4 Å².